The maximum Gasteiger partial charge on any atom is 0.287 e. The summed E-state index contributed by atoms with van der Waals surface area (Å²) in [7, 11) is 4.09. The topological polar surface area (TPSA) is 74.6 Å². The Morgan fingerprint density at radius 1 is 1.00 bits per heavy atom. The van der Waals surface area contributed by atoms with Crippen LogP contribution in [0, 0.1) is 0 Å². The number of hydrogen-bond donors (Lipinski definition) is 2. The molecule has 6 nitrogen and oxygen atoms in total. The van der Waals surface area contributed by atoms with Crippen LogP contribution in [0.15, 0.2) is 71.3 Å². The number of rotatable bonds is 8. The molecule has 30 heavy (non-hydrogen) atoms. The van der Waals surface area contributed by atoms with Gasteiger partial charge >= 0.3 is 0 Å². The van der Waals surface area contributed by atoms with E-state index in [1.165, 1.54) is 11.8 Å². The molecule has 0 aliphatic carbocycles. The smallest absolute Gasteiger partial charge is 0.287 e. The molecule has 2 N–H and O–H groups in total. The molecule has 1 heterocycles. The molecular weight excluding hydrogens is 378 g/mol. The molecule has 3 rings (SSSR count). The van der Waals surface area contributed by atoms with E-state index >= 15 is 0 Å². The summed E-state index contributed by atoms with van der Waals surface area (Å²) < 4.78 is 5.05. The van der Waals surface area contributed by atoms with Crippen LogP contribution >= 0.6 is 0 Å². The van der Waals surface area contributed by atoms with Gasteiger partial charge in [-0.2, -0.15) is 0 Å². The molecule has 2 amide bonds. The van der Waals surface area contributed by atoms with Gasteiger partial charge in [-0.3, -0.25) is 9.59 Å². The summed E-state index contributed by atoms with van der Waals surface area (Å²) in [6.07, 6.45) is 1.42. The van der Waals surface area contributed by atoms with E-state index in [-0.39, 0.29) is 11.7 Å². The van der Waals surface area contributed by atoms with E-state index in [4.69, 9.17) is 4.42 Å². The van der Waals surface area contributed by atoms with Crippen LogP contribution in [0.4, 0.5) is 0 Å². The fraction of sp³-hybridized carbons (Fsp3) is 0.250. The summed E-state index contributed by atoms with van der Waals surface area (Å²) in [4.78, 5) is 26.6. The van der Waals surface area contributed by atoms with Crippen molar-refractivity contribution in [2.45, 2.75) is 26.1 Å². The third kappa shape index (κ3) is 5.58. The number of furan rings is 1. The summed E-state index contributed by atoms with van der Waals surface area (Å²) in [5, 5.41) is 5.54. The van der Waals surface area contributed by atoms with Crippen molar-refractivity contribution in [1.82, 2.24) is 15.5 Å². The second-order valence-corrected chi connectivity index (χ2v) is 7.48. The average Bonchev–Trinajstić information content (AvgIpc) is 3.27. The van der Waals surface area contributed by atoms with Crippen molar-refractivity contribution in [1.29, 1.82) is 0 Å². The molecule has 0 bridgehead atoms. The molecule has 2 aromatic carbocycles. The van der Waals surface area contributed by atoms with Crippen LogP contribution in [0.3, 0.4) is 0 Å². The minimum Gasteiger partial charge on any atom is -0.459 e. The SMILES string of the molecule is CC(NC(=O)c1ccco1)C(=O)NCc1ccccc1-c1ccc(CN(C)C)cc1. The molecule has 0 spiro atoms. The number of nitrogens with one attached hydrogen (secondary N) is 2. The summed E-state index contributed by atoms with van der Waals surface area (Å²) in [5.41, 5.74) is 4.43. The Bertz CT molecular complexity index is 979. The van der Waals surface area contributed by atoms with Crippen LogP contribution in [-0.4, -0.2) is 36.9 Å². The van der Waals surface area contributed by atoms with Gasteiger partial charge in [0.2, 0.25) is 5.91 Å². The first kappa shape index (κ1) is 21.3. The zero-order valence-electron chi connectivity index (χ0n) is 17.5. The van der Waals surface area contributed by atoms with Crippen molar-refractivity contribution in [3.8, 4) is 11.1 Å². The lowest BCUT2D eigenvalue weighted by molar-refractivity contribution is -0.122. The minimum atomic E-state index is -0.680. The fourth-order valence-electron chi connectivity index (χ4n) is 3.19. The number of nitrogens with zero attached hydrogens (tertiary/aromatic N) is 1. The Kier molecular flexibility index (Phi) is 7.03. The Balaban J connectivity index is 1.63. The van der Waals surface area contributed by atoms with E-state index < -0.39 is 11.9 Å². The zero-order chi connectivity index (χ0) is 21.5. The molecule has 6 heteroatoms. The minimum absolute atomic E-state index is 0.178. The van der Waals surface area contributed by atoms with Gasteiger partial charge in [-0.05, 0) is 55.4 Å². The Morgan fingerprint density at radius 3 is 2.40 bits per heavy atom. The average molecular weight is 405 g/mol. The number of carbonyl (C=O) groups excluding carboxylic acids is 2. The highest BCUT2D eigenvalue weighted by Crippen LogP contribution is 2.24. The van der Waals surface area contributed by atoms with Crippen LogP contribution in [-0.2, 0) is 17.9 Å². The second kappa shape index (κ2) is 9.89. The summed E-state index contributed by atoms with van der Waals surface area (Å²) in [6.45, 7) is 2.90. The van der Waals surface area contributed by atoms with Gasteiger partial charge in [0.05, 0.1) is 6.26 Å². The first-order valence-electron chi connectivity index (χ1n) is 9.88. The van der Waals surface area contributed by atoms with Crippen LogP contribution < -0.4 is 10.6 Å². The molecule has 0 saturated heterocycles. The van der Waals surface area contributed by atoms with Crippen molar-refractivity contribution in [3.05, 3.63) is 83.8 Å². The Morgan fingerprint density at radius 2 is 1.73 bits per heavy atom. The molecule has 1 aromatic heterocycles. The molecular formula is C24H27N3O3. The van der Waals surface area contributed by atoms with Gasteiger partial charge in [0.1, 0.15) is 6.04 Å². The van der Waals surface area contributed by atoms with Crippen molar-refractivity contribution in [2.24, 2.45) is 0 Å². The largest absolute Gasteiger partial charge is 0.459 e. The summed E-state index contributed by atoms with van der Waals surface area (Å²) >= 11 is 0. The summed E-state index contributed by atoms with van der Waals surface area (Å²) in [6, 6.07) is 18.9. The number of carbonyl (C=O) groups is 2. The number of amides is 2. The van der Waals surface area contributed by atoms with E-state index in [9.17, 15) is 9.59 Å². The van der Waals surface area contributed by atoms with E-state index in [2.05, 4.69) is 39.8 Å². The highest BCUT2D eigenvalue weighted by molar-refractivity contribution is 5.95. The van der Waals surface area contributed by atoms with E-state index in [1.807, 2.05) is 38.4 Å². The molecule has 156 valence electrons. The zero-order valence-corrected chi connectivity index (χ0v) is 17.5. The lowest BCUT2D eigenvalue weighted by Gasteiger charge is -2.15. The van der Waals surface area contributed by atoms with E-state index in [1.54, 1.807) is 19.1 Å². The molecule has 3 aromatic rings. The van der Waals surface area contributed by atoms with Crippen LogP contribution in [0.5, 0.6) is 0 Å². The highest BCUT2D eigenvalue weighted by Gasteiger charge is 2.18. The van der Waals surface area contributed by atoms with Crippen LogP contribution in [0.2, 0.25) is 0 Å². The van der Waals surface area contributed by atoms with Crippen molar-refractivity contribution in [3.63, 3.8) is 0 Å². The van der Waals surface area contributed by atoms with E-state index in [0.717, 1.165) is 23.2 Å². The molecule has 0 fully saturated rings. The van der Waals surface area contributed by atoms with Gasteiger partial charge in [0.25, 0.3) is 5.91 Å². The summed E-state index contributed by atoms with van der Waals surface area (Å²) in [5.74, 6) is -0.496. The Hall–Kier alpha value is -3.38. The van der Waals surface area contributed by atoms with Crippen molar-refractivity contribution in [2.75, 3.05) is 14.1 Å². The monoisotopic (exact) mass is 405 g/mol. The predicted octanol–water partition coefficient (Wildman–Crippen LogP) is 3.44. The number of hydrogen-bond acceptors (Lipinski definition) is 4. The molecule has 1 unspecified atom stereocenters. The van der Waals surface area contributed by atoms with Gasteiger partial charge < -0.3 is 20.0 Å². The Labute approximate surface area is 176 Å². The van der Waals surface area contributed by atoms with Gasteiger partial charge in [-0.15, -0.1) is 0 Å². The van der Waals surface area contributed by atoms with Gasteiger partial charge in [-0.1, -0.05) is 48.5 Å². The normalized spacial score (nSPS) is 11.9. The number of benzene rings is 2. The fourth-order valence-corrected chi connectivity index (χ4v) is 3.19. The van der Waals surface area contributed by atoms with Gasteiger partial charge in [0.15, 0.2) is 5.76 Å². The van der Waals surface area contributed by atoms with Crippen LogP contribution in [0.1, 0.15) is 28.6 Å². The standard InChI is InChI=1S/C24H27N3O3/c1-17(26-24(29)22-9-6-14-30-22)23(28)25-15-20-7-4-5-8-21(20)19-12-10-18(11-13-19)16-27(2)3/h4-14,17H,15-16H2,1-3H3,(H,25,28)(H,26,29). The molecule has 0 saturated carbocycles. The third-order valence-corrected chi connectivity index (χ3v) is 4.72. The van der Waals surface area contributed by atoms with Crippen molar-refractivity contribution < 1.29 is 14.0 Å². The highest BCUT2D eigenvalue weighted by atomic mass is 16.3. The predicted molar refractivity (Wildman–Crippen MR) is 117 cm³/mol. The quantitative estimate of drug-likeness (QED) is 0.602. The van der Waals surface area contributed by atoms with E-state index in [0.29, 0.717) is 6.54 Å². The third-order valence-electron chi connectivity index (χ3n) is 4.72. The maximum atomic E-state index is 12.5. The molecule has 0 aliphatic rings. The lowest BCUT2D eigenvalue weighted by Crippen LogP contribution is -2.44. The van der Waals surface area contributed by atoms with Gasteiger partial charge in [-0.25, -0.2) is 0 Å². The molecule has 0 aliphatic heterocycles. The lowest BCUT2D eigenvalue weighted by atomic mass is 9.98. The van der Waals surface area contributed by atoms with Gasteiger partial charge in [0, 0.05) is 13.1 Å². The first-order chi connectivity index (χ1) is 14.4. The van der Waals surface area contributed by atoms with Crippen molar-refractivity contribution >= 4 is 11.8 Å². The molecule has 0 radical (unpaired) electrons. The van der Waals surface area contributed by atoms with Crippen LogP contribution in [0.25, 0.3) is 11.1 Å². The maximum absolute atomic E-state index is 12.5. The first-order valence-corrected chi connectivity index (χ1v) is 9.88. The second-order valence-electron chi connectivity index (χ2n) is 7.48. The molecule has 1 atom stereocenters.